The molecule has 0 N–H and O–H groups in total. The first-order chi connectivity index (χ1) is 18.7. The second-order valence-electron chi connectivity index (χ2n) is 10.3. The molecule has 41 heavy (non-hydrogen) atoms. The van der Waals surface area contributed by atoms with Crippen molar-refractivity contribution in [3.05, 3.63) is 0 Å². The molecule has 0 spiro atoms. The average molecular weight is 606 g/mol. The van der Waals surface area contributed by atoms with Gasteiger partial charge in [-0.3, -0.25) is 33.7 Å². The van der Waals surface area contributed by atoms with E-state index in [1.165, 1.54) is 0 Å². The fraction of sp³-hybridized carbons (Fsp3) is 0.731. The Balaban J connectivity index is 4.12. The molecule has 0 aromatic carbocycles. The number of carbonyl (C=O) groups excluding carboxylic acids is 7. The van der Waals surface area contributed by atoms with Crippen LogP contribution in [0.2, 0.25) is 0 Å². The van der Waals surface area contributed by atoms with Gasteiger partial charge in [0.15, 0.2) is 12.2 Å². The Bertz CT molecular complexity index is 1020. The van der Waals surface area contributed by atoms with Crippen molar-refractivity contribution in [2.75, 3.05) is 13.7 Å². The van der Waals surface area contributed by atoms with Crippen LogP contribution in [0.15, 0.2) is 0 Å². The molecule has 1 aliphatic rings. The van der Waals surface area contributed by atoms with E-state index in [0.29, 0.717) is 0 Å². The first-order valence-corrected chi connectivity index (χ1v) is 13.5. The van der Waals surface area contributed by atoms with Crippen LogP contribution in [0.3, 0.4) is 0 Å². The van der Waals surface area contributed by atoms with Gasteiger partial charge in [-0.1, -0.05) is 20.8 Å². The number of methoxy groups -OCH3 is 1. The third kappa shape index (κ3) is 10.3. The molecule has 1 fully saturated rings. The van der Waals surface area contributed by atoms with Crippen molar-refractivity contribution >= 4 is 53.4 Å². The molecule has 6 atom stereocenters. The van der Waals surface area contributed by atoms with Crippen LogP contribution in [0, 0.1) is 0 Å². The van der Waals surface area contributed by atoms with Crippen LogP contribution < -0.4 is 0 Å². The Morgan fingerprint density at radius 3 is 1.80 bits per heavy atom. The predicted octanol–water partition coefficient (Wildman–Crippen LogP) is 1.30. The van der Waals surface area contributed by atoms with Crippen LogP contribution in [0.4, 0.5) is 0 Å². The first kappa shape index (κ1) is 35.8. The molecule has 0 aromatic rings. The number of amides is 2. The van der Waals surface area contributed by atoms with E-state index in [4.69, 9.17) is 28.4 Å². The molecule has 0 saturated carbocycles. The molecule has 2 amide bonds. The number of hydrogen-bond donors (Lipinski definition) is 0. The molecule has 0 radical (unpaired) electrons. The molecule has 1 rings (SSSR count). The summed E-state index contributed by atoms with van der Waals surface area (Å²) >= 11 is 0.993. The molecule has 0 unspecified atom stereocenters. The molecule has 0 aromatic heterocycles. The standard InChI is InChI=1S/C26H39NO13S/c1-13(28)27(14(2)29)21-19(37-16(4)31)11-26(24(34)35-10,41-25(7,8)9)40-23(21)22(39-18(6)33)20(38-17(5)32)12-36-15(3)30/h19-23H,11-12H2,1-10H3/t19-,20+,21+,22+,23+,26-/m0/s1. The topological polar surface area (TPSA) is 178 Å². The van der Waals surface area contributed by atoms with Crippen molar-refractivity contribution in [2.24, 2.45) is 0 Å². The van der Waals surface area contributed by atoms with Gasteiger partial charge in [0, 0.05) is 52.7 Å². The summed E-state index contributed by atoms with van der Waals surface area (Å²) in [6.07, 6.45) is -6.67. The first-order valence-electron chi connectivity index (χ1n) is 12.7. The summed E-state index contributed by atoms with van der Waals surface area (Å²) in [4.78, 5) is 86.1. The van der Waals surface area contributed by atoms with E-state index in [9.17, 15) is 33.6 Å². The second kappa shape index (κ2) is 14.6. The number of rotatable bonds is 10. The van der Waals surface area contributed by atoms with Crippen LogP contribution >= 0.6 is 11.8 Å². The molecule has 0 aliphatic carbocycles. The van der Waals surface area contributed by atoms with E-state index in [0.717, 1.165) is 65.3 Å². The summed E-state index contributed by atoms with van der Waals surface area (Å²) in [5.74, 6) is -5.81. The van der Waals surface area contributed by atoms with Crippen molar-refractivity contribution in [3.63, 3.8) is 0 Å². The second-order valence-corrected chi connectivity index (χ2v) is 12.4. The smallest absolute Gasteiger partial charge is 0.349 e. The Hall–Kier alpha value is -3.20. The largest absolute Gasteiger partial charge is 0.466 e. The lowest BCUT2D eigenvalue weighted by Crippen LogP contribution is -2.69. The minimum Gasteiger partial charge on any atom is -0.466 e. The third-order valence-electron chi connectivity index (χ3n) is 5.54. The van der Waals surface area contributed by atoms with E-state index >= 15 is 0 Å². The normalized spacial score (nSPS) is 23.7. The summed E-state index contributed by atoms with van der Waals surface area (Å²) < 4.78 is 32.3. The van der Waals surface area contributed by atoms with Gasteiger partial charge in [0.25, 0.3) is 0 Å². The minimum atomic E-state index is -1.94. The highest BCUT2D eigenvalue weighted by Crippen LogP contribution is 2.48. The van der Waals surface area contributed by atoms with Gasteiger partial charge in [-0.2, -0.15) is 0 Å². The van der Waals surface area contributed by atoms with Crippen LogP contribution in [0.1, 0.15) is 68.7 Å². The Morgan fingerprint density at radius 2 is 1.41 bits per heavy atom. The number of hydrogen-bond acceptors (Lipinski definition) is 14. The zero-order valence-corrected chi connectivity index (χ0v) is 25.8. The lowest BCUT2D eigenvalue weighted by molar-refractivity contribution is -0.234. The molecular formula is C26H39NO13S. The highest BCUT2D eigenvalue weighted by molar-refractivity contribution is 8.02. The number of carbonyl (C=O) groups is 7. The number of ether oxygens (including phenoxy) is 6. The quantitative estimate of drug-likeness (QED) is 0.257. The summed E-state index contributed by atoms with van der Waals surface area (Å²) in [6, 6.07) is -1.49. The zero-order chi connectivity index (χ0) is 31.9. The highest BCUT2D eigenvalue weighted by Gasteiger charge is 2.61. The van der Waals surface area contributed by atoms with E-state index in [-0.39, 0.29) is 6.42 Å². The summed E-state index contributed by atoms with van der Waals surface area (Å²) in [5.41, 5.74) is 0. The van der Waals surface area contributed by atoms with Crippen molar-refractivity contribution in [1.82, 2.24) is 4.90 Å². The van der Waals surface area contributed by atoms with Gasteiger partial charge in [0.2, 0.25) is 16.7 Å². The fourth-order valence-electron chi connectivity index (χ4n) is 4.52. The number of thioether (sulfide) groups is 1. The van der Waals surface area contributed by atoms with Gasteiger partial charge < -0.3 is 28.4 Å². The molecule has 14 nitrogen and oxygen atoms in total. The average Bonchev–Trinajstić information content (AvgIpc) is 2.78. The van der Waals surface area contributed by atoms with Gasteiger partial charge in [0.1, 0.15) is 24.9 Å². The van der Waals surface area contributed by atoms with E-state index < -0.39 is 88.4 Å². The van der Waals surface area contributed by atoms with Crippen molar-refractivity contribution in [2.45, 2.75) is 109 Å². The number of esters is 5. The van der Waals surface area contributed by atoms with E-state index in [1.54, 1.807) is 20.8 Å². The Labute approximate surface area is 243 Å². The van der Waals surface area contributed by atoms with Crippen LogP contribution in [-0.2, 0) is 62.0 Å². The minimum absolute atomic E-state index is 0.381. The Morgan fingerprint density at radius 1 is 0.878 bits per heavy atom. The molecule has 0 bridgehead atoms. The molecule has 232 valence electrons. The predicted molar refractivity (Wildman–Crippen MR) is 142 cm³/mol. The molecule has 1 saturated heterocycles. The summed E-state index contributed by atoms with van der Waals surface area (Å²) in [7, 11) is 1.11. The molecule has 1 aliphatic heterocycles. The van der Waals surface area contributed by atoms with Crippen LogP contribution in [0.25, 0.3) is 0 Å². The monoisotopic (exact) mass is 605 g/mol. The van der Waals surface area contributed by atoms with Gasteiger partial charge >= 0.3 is 29.8 Å². The van der Waals surface area contributed by atoms with Crippen molar-refractivity contribution < 1.29 is 62.0 Å². The maximum Gasteiger partial charge on any atom is 0.349 e. The number of imide groups is 1. The highest BCUT2D eigenvalue weighted by atomic mass is 32.2. The molecular weight excluding hydrogens is 566 g/mol. The van der Waals surface area contributed by atoms with Crippen LogP contribution in [-0.4, -0.2) is 100 Å². The van der Waals surface area contributed by atoms with Gasteiger partial charge in [-0.15, -0.1) is 11.8 Å². The Kier molecular flexibility index (Phi) is 12.8. The van der Waals surface area contributed by atoms with Gasteiger partial charge in [-0.25, -0.2) is 4.79 Å². The fourth-order valence-corrected chi connectivity index (χ4v) is 6.08. The van der Waals surface area contributed by atoms with Crippen molar-refractivity contribution in [3.8, 4) is 0 Å². The van der Waals surface area contributed by atoms with E-state index in [1.807, 2.05) is 0 Å². The maximum atomic E-state index is 13.4. The maximum absolute atomic E-state index is 13.4. The van der Waals surface area contributed by atoms with E-state index in [2.05, 4.69) is 0 Å². The van der Waals surface area contributed by atoms with Crippen LogP contribution in [0.5, 0.6) is 0 Å². The third-order valence-corrected chi connectivity index (χ3v) is 6.91. The lowest BCUT2D eigenvalue weighted by atomic mass is 9.88. The summed E-state index contributed by atoms with van der Waals surface area (Å²) in [5, 5.41) is 0. The van der Waals surface area contributed by atoms with Gasteiger partial charge in [-0.05, 0) is 0 Å². The zero-order valence-electron chi connectivity index (χ0n) is 25.0. The molecule has 1 heterocycles. The lowest BCUT2D eigenvalue weighted by Gasteiger charge is -2.51. The van der Waals surface area contributed by atoms with Crippen molar-refractivity contribution in [1.29, 1.82) is 0 Å². The van der Waals surface area contributed by atoms with Gasteiger partial charge in [0.05, 0.1) is 7.11 Å². The SMILES string of the molecule is COC(=O)[C@@]1(SC(C)(C)C)C[C@H](OC(C)=O)[C@@H](N(C(C)=O)C(C)=O)[C@H]([C@H](OC(C)=O)[C@@H](COC(C)=O)OC(C)=O)O1. The molecule has 15 heteroatoms. The number of nitrogens with zero attached hydrogens (tertiary/aromatic N) is 1. The summed E-state index contributed by atoms with van der Waals surface area (Å²) in [6.45, 7) is 11.1.